The third kappa shape index (κ3) is 1.69. The summed E-state index contributed by atoms with van der Waals surface area (Å²) in [5, 5.41) is 0. The number of hydrogen-bond acceptors (Lipinski definition) is 3. The zero-order valence-corrected chi connectivity index (χ0v) is 14.6. The maximum atomic E-state index is 12.8. The largest absolute Gasteiger partial charge is 0.347 e. The van der Waals surface area contributed by atoms with Crippen LogP contribution in [0.3, 0.4) is 0 Å². The first kappa shape index (κ1) is 14.5. The molecule has 24 heavy (non-hydrogen) atoms. The molecule has 3 heteroatoms. The number of hydrogen-bond donors (Lipinski definition) is 0. The van der Waals surface area contributed by atoms with Crippen molar-refractivity contribution in [1.82, 2.24) is 0 Å². The van der Waals surface area contributed by atoms with Crippen LogP contribution in [-0.4, -0.2) is 24.8 Å². The minimum absolute atomic E-state index is 0.0215. The van der Waals surface area contributed by atoms with Crippen molar-refractivity contribution in [1.29, 1.82) is 0 Å². The molecule has 0 bridgehead atoms. The SMILES string of the molecule is CC12CCC3C4CCC5(CC4=CCC3C1[C@H]1CC1C2=O)OCCO5. The number of ketones is 1. The maximum Gasteiger partial charge on any atom is 0.172 e. The van der Waals surface area contributed by atoms with E-state index in [1.807, 2.05) is 0 Å². The average molecular weight is 328 g/mol. The molecule has 6 rings (SSSR count). The standard InChI is InChI=1S/C21H28O3/c1-20-6-4-14-13-5-7-21(23-8-9-24-21)11-12(13)2-3-15(14)18(20)16-10-17(16)19(20)22/h2,13-18H,3-11H2,1H3/t13?,14?,15?,16-,17?,18?,20?/m0/s1. The lowest BCUT2D eigenvalue weighted by atomic mass is 9.51. The maximum absolute atomic E-state index is 12.8. The van der Waals surface area contributed by atoms with E-state index in [0.717, 1.165) is 56.1 Å². The molecule has 0 N–H and O–H groups in total. The van der Waals surface area contributed by atoms with E-state index in [1.54, 1.807) is 5.57 Å². The molecule has 1 aliphatic heterocycles. The van der Waals surface area contributed by atoms with Gasteiger partial charge in [-0.05, 0) is 61.7 Å². The normalized spacial score (nSPS) is 53.9. The molecule has 1 spiro atoms. The number of ether oxygens (including phenoxy) is 2. The van der Waals surface area contributed by atoms with E-state index in [4.69, 9.17) is 9.47 Å². The molecule has 1 saturated heterocycles. The highest BCUT2D eigenvalue weighted by molar-refractivity contribution is 5.92. The van der Waals surface area contributed by atoms with E-state index >= 15 is 0 Å². The summed E-state index contributed by atoms with van der Waals surface area (Å²) in [6, 6.07) is 0. The van der Waals surface area contributed by atoms with Crippen LogP contribution in [0.25, 0.3) is 0 Å². The van der Waals surface area contributed by atoms with Gasteiger partial charge in [-0.1, -0.05) is 18.6 Å². The van der Waals surface area contributed by atoms with Gasteiger partial charge in [-0.3, -0.25) is 4.79 Å². The Morgan fingerprint density at radius 3 is 2.71 bits per heavy atom. The number of carbonyl (C=O) groups excluding carboxylic acids is 1. The summed E-state index contributed by atoms with van der Waals surface area (Å²) < 4.78 is 12.0. The van der Waals surface area contributed by atoms with Crippen molar-refractivity contribution in [3.05, 3.63) is 11.6 Å². The summed E-state index contributed by atoms with van der Waals surface area (Å²) in [6.45, 7) is 3.82. The Hall–Kier alpha value is -0.670. The highest BCUT2D eigenvalue weighted by Gasteiger charge is 2.69. The fourth-order valence-corrected chi connectivity index (χ4v) is 7.66. The fraction of sp³-hybridized carbons (Fsp3) is 0.857. The predicted octanol–water partition coefficient (Wildman–Crippen LogP) is 3.73. The molecule has 0 aromatic rings. The van der Waals surface area contributed by atoms with Gasteiger partial charge >= 0.3 is 0 Å². The van der Waals surface area contributed by atoms with Crippen molar-refractivity contribution < 1.29 is 14.3 Å². The molecule has 1 heterocycles. The summed E-state index contributed by atoms with van der Waals surface area (Å²) in [6.07, 6.45) is 10.6. The Balaban J connectivity index is 1.31. The van der Waals surface area contributed by atoms with Gasteiger partial charge in [0.1, 0.15) is 5.78 Å². The molecule has 6 aliphatic rings. The molecule has 0 aromatic carbocycles. The van der Waals surface area contributed by atoms with Gasteiger partial charge < -0.3 is 9.47 Å². The molecule has 7 atom stereocenters. The molecular weight excluding hydrogens is 300 g/mol. The summed E-state index contributed by atoms with van der Waals surface area (Å²) in [5.74, 6) is 4.51. The Morgan fingerprint density at radius 1 is 1.04 bits per heavy atom. The molecule has 0 radical (unpaired) electrons. The Bertz CT molecular complexity index is 631. The van der Waals surface area contributed by atoms with E-state index < -0.39 is 0 Å². The lowest BCUT2D eigenvalue weighted by Crippen LogP contribution is -2.49. The van der Waals surface area contributed by atoms with Crippen LogP contribution in [0.5, 0.6) is 0 Å². The van der Waals surface area contributed by atoms with E-state index in [2.05, 4.69) is 13.0 Å². The van der Waals surface area contributed by atoms with Crippen LogP contribution in [0, 0.1) is 40.9 Å². The first-order chi connectivity index (χ1) is 11.6. The van der Waals surface area contributed by atoms with Gasteiger partial charge in [-0.15, -0.1) is 0 Å². The second kappa shape index (κ2) is 4.54. The lowest BCUT2D eigenvalue weighted by molar-refractivity contribution is -0.176. The van der Waals surface area contributed by atoms with Crippen molar-refractivity contribution in [2.45, 2.75) is 57.7 Å². The van der Waals surface area contributed by atoms with Gasteiger partial charge in [-0.25, -0.2) is 0 Å². The monoisotopic (exact) mass is 328 g/mol. The summed E-state index contributed by atoms with van der Waals surface area (Å²) in [7, 11) is 0. The molecule has 0 amide bonds. The molecule has 4 saturated carbocycles. The Morgan fingerprint density at radius 2 is 1.88 bits per heavy atom. The van der Waals surface area contributed by atoms with Crippen molar-refractivity contribution >= 4 is 5.78 Å². The van der Waals surface area contributed by atoms with Crippen LogP contribution in [0.4, 0.5) is 0 Å². The molecule has 5 aliphatic carbocycles. The topological polar surface area (TPSA) is 35.5 Å². The minimum Gasteiger partial charge on any atom is -0.347 e. The van der Waals surface area contributed by atoms with Crippen molar-refractivity contribution in [3.8, 4) is 0 Å². The summed E-state index contributed by atoms with van der Waals surface area (Å²) in [5.41, 5.74) is 1.64. The highest BCUT2D eigenvalue weighted by atomic mass is 16.7. The predicted molar refractivity (Wildman–Crippen MR) is 89.1 cm³/mol. The molecule has 5 fully saturated rings. The van der Waals surface area contributed by atoms with Gasteiger partial charge in [0.05, 0.1) is 13.2 Å². The second-order valence-corrected chi connectivity index (χ2v) is 9.62. The Labute approximate surface area is 144 Å². The fourth-order valence-electron chi connectivity index (χ4n) is 7.66. The zero-order valence-electron chi connectivity index (χ0n) is 14.6. The molecular formula is C21H28O3. The first-order valence-corrected chi connectivity index (χ1v) is 10.1. The van der Waals surface area contributed by atoms with Crippen molar-refractivity contribution in [2.24, 2.45) is 40.9 Å². The van der Waals surface area contributed by atoms with Crippen LogP contribution in [0.2, 0.25) is 0 Å². The first-order valence-electron chi connectivity index (χ1n) is 10.1. The van der Waals surface area contributed by atoms with Crippen molar-refractivity contribution in [3.63, 3.8) is 0 Å². The van der Waals surface area contributed by atoms with Crippen LogP contribution < -0.4 is 0 Å². The number of rotatable bonds is 0. The number of allylic oxidation sites excluding steroid dienone is 1. The molecule has 3 nitrogen and oxygen atoms in total. The lowest BCUT2D eigenvalue weighted by Gasteiger charge is -2.53. The van der Waals surface area contributed by atoms with Crippen LogP contribution in [0.1, 0.15) is 51.9 Å². The molecule has 6 unspecified atom stereocenters. The molecule has 130 valence electrons. The van der Waals surface area contributed by atoms with Gasteiger partial charge in [-0.2, -0.15) is 0 Å². The second-order valence-electron chi connectivity index (χ2n) is 9.62. The van der Waals surface area contributed by atoms with Gasteiger partial charge in [0.15, 0.2) is 5.79 Å². The van der Waals surface area contributed by atoms with Crippen LogP contribution in [-0.2, 0) is 14.3 Å². The number of carbonyl (C=O) groups is 1. The van der Waals surface area contributed by atoms with Gasteiger partial charge in [0.25, 0.3) is 0 Å². The summed E-state index contributed by atoms with van der Waals surface area (Å²) >= 11 is 0. The average Bonchev–Trinajstić information content (AvgIpc) is 3.18. The van der Waals surface area contributed by atoms with E-state index in [-0.39, 0.29) is 11.2 Å². The Kier molecular flexibility index (Phi) is 2.74. The quantitative estimate of drug-likeness (QED) is 0.636. The third-order valence-corrected chi connectivity index (χ3v) is 8.71. The van der Waals surface area contributed by atoms with Crippen LogP contribution >= 0.6 is 0 Å². The number of fused-ring (bicyclic) bond motifs is 7. The highest BCUT2D eigenvalue weighted by Crippen LogP contribution is 2.70. The van der Waals surface area contributed by atoms with Gasteiger partial charge in [0, 0.05) is 24.2 Å². The smallest absolute Gasteiger partial charge is 0.172 e. The molecule has 0 aromatic heterocycles. The van der Waals surface area contributed by atoms with E-state index in [0.29, 0.717) is 17.6 Å². The van der Waals surface area contributed by atoms with Crippen molar-refractivity contribution in [2.75, 3.05) is 13.2 Å². The summed E-state index contributed by atoms with van der Waals surface area (Å²) in [4.78, 5) is 12.8. The minimum atomic E-state index is -0.288. The zero-order chi connectivity index (χ0) is 16.1. The third-order valence-electron chi connectivity index (χ3n) is 8.71. The van der Waals surface area contributed by atoms with E-state index in [9.17, 15) is 4.79 Å². The van der Waals surface area contributed by atoms with Gasteiger partial charge in [0.2, 0.25) is 0 Å². The van der Waals surface area contributed by atoms with Crippen LogP contribution in [0.15, 0.2) is 11.6 Å². The van der Waals surface area contributed by atoms with E-state index in [1.165, 1.54) is 25.7 Å². The number of Topliss-reactive ketones (excluding diaryl/α,β-unsaturated/α-hetero) is 1.